The molecule has 30 heavy (non-hydrogen) atoms. The van der Waals surface area contributed by atoms with Crippen molar-refractivity contribution >= 4 is 23.3 Å². The Morgan fingerprint density at radius 3 is 2.70 bits per heavy atom. The number of nitrogens with zero attached hydrogens (tertiary/aromatic N) is 1. The van der Waals surface area contributed by atoms with E-state index < -0.39 is 0 Å². The molecule has 0 bridgehead atoms. The van der Waals surface area contributed by atoms with E-state index in [1.54, 1.807) is 0 Å². The summed E-state index contributed by atoms with van der Waals surface area (Å²) in [5, 5.41) is 3.51. The number of benzene rings is 1. The second kappa shape index (κ2) is 13.2. The third kappa shape index (κ3) is 8.67. The zero-order chi connectivity index (χ0) is 21.8. The first-order valence-electron chi connectivity index (χ1n) is 10.9. The normalized spacial score (nSPS) is 18.2. The molecule has 6 heteroatoms. The van der Waals surface area contributed by atoms with Crippen LogP contribution in [0.15, 0.2) is 48.2 Å². The molecule has 0 spiro atoms. The number of allylic oxidation sites excluding steroid dienone is 3. The minimum Gasteiger partial charge on any atom is -0.432 e. The van der Waals surface area contributed by atoms with Crippen LogP contribution in [0.1, 0.15) is 51.5 Å². The van der Waals surface area contributed by atoms with Gasteiger partial charge in [-0.25, -0.2) is 0 Å². The maximum absolute atomic E-state index is 11.4. The summed E-state index contributed by atoms with van der Waals surface area (Å²) in [6, 6.07) is 8.09. The molecule has 1 atom stereocenters. The minimum atomic E-state index is -0.154. The monoisotopic (exact) mass is 429 g/mol. The predicted octanol–water partition coefficient (Wildman–Crippen LogP) is 4.33. The standard InChI is InChI=1S/C24H35N3O2S/c1-3-5-6-9-21(4-2)26-24(30)29-22-12-10-19(11-13-22)14-17-27-16-7-8-20(15-18-27)23(25)28/h4-6,10-13,20H,3,7-9,14-18H2,1-2H3,(H2,25,28)(H,26,30)/b6-5-,21-4+. The maximum Gasteiger partial charge on any atom is 0.266 e. The molecule has 0 aliphatic carbocycles. The fourth-order valence-electron chi connectivity index (χ4n) is 3.56. The second-order valence-electron chi connectivity index (χ2n) is 7.68. The van der Waals surface area contributed by atoms with Gasteiger partial charge in [0.05, 0.1) is 0 Å². The molecule has 1 aliphatic rings. The van der Waals surface area contributed by atoms with Crippen molar-refractivity contribution in [1.82, 2.24) is 10.2 Å². The Kier molecular flexibility index (Phi) is 10.6. The maximum atomic E-state index is 11.4. The molecule has 3 N–H and O–H groups in total. The van der Waals surface area contributed by atoms with Crippen molar-refractivity contribution in [1.29, 1.82) is 0 Å². The largest absolute Gasteiger partial charge is 0.432 e. The quantitative estimate of drug-likeness (QED) is 0.452. The molecule has 2 rings (SSSR count). The highest BCUT2D eigenvalue weighted by Gasteiger charge is 2.20. The van der Waals surface area contributed by atoms with Crippen LogP contribution in [0.3, 0.4) is 0 Å². The molecule has 1 saturated heterocycles. The van der Waals surface area contributed by atoms with Gasteiger partial charge in [0.15, 0.2) is 0 Å². The van der Waals surface area contributed by atoms with Crippen LogP contribution in [0.25, 0.3) is 0 Å². The fraction of sp³-hybridized carbons (Fsp3) is 0.500. The van der Waals surface area contributed by atoms with Gasteiger partial charge < -0.3 is 20.7 Å². The van der Waals surface area contributed by atoms with E-state index in [1.807, 2.05) is 25.1 Å². The number of nitrogens with two attached hydrogens (primary N) is 1. The van der Waals surface area contributed by atoms with Gasteiger partial charge in [-0.1, -0.05) is 37.3 Å². The van der Waals surface area contributed by atoms with E-state index in [0.29, 0.717) is 5.17 Å². The lowest BCUT2D eigenvalue weighted by Gasteiger charge is -2.20. The molecule has 0 saturated carbocycles. The van der Waals surface area contributed by atoms with E-state index in [-0.39, 0.29) is 11.8 Å². The van der Waals surface area contributed by atoms with Gasteiger partial charge in [-0.05, 0) is 82.0 Å². The lowest BCUT2D eigenvalue weighted by Crippen LogP contribution is -2.28. The number of ether oxygens (including phenoxy) is 1. The van der Waals surface area contributed by atoms with Gasteiger partial charge in [0.25, 0.3) is 5.17 Å². The van der Waals surface area contributed by atoms with E-state index in [1.165, 1.54) is 5.56 Å². The van der Waals surface area contributed by atoms with Crippen LogP contribution in [0.4, 0.5) is 0 Å². The topological polar surface area (TPSA) is 67.6 Å². The van der Waals surface area contributed by atoms with Crippen molar-refractivity contribution in [3.8, 4) is 5.75 Å². The molecule has 1 aromatic carbocycles. The number of thiocarbonyl (C=S) groups is 1. The third-order valence-electron chi connectivity index (χ3n) is 5.42. The van der Waals surface area contributed by atoms with Crippen molar-refractivity contribution in [2.75, 3.05) is 19.6 Å². The first-order chi connectivity index (χ1) is 14.5. The van der Waals surface area contributed by atoms with Crippen molar-refractivity contribution in [3.63, 3.8) is 0 Å². The molecule has 1 aliphatic heterocycles. The molecule has 164 valence electrons. The van der Waals surface area contributed by atoms with Gasteiger partial charge in [0.2, 0.25) is 5.91 Å². The number of nitrogens with one attached hydrogen (secondary N) is 1. The number of carbonyl (C=O) groups excluding carboxylic acids is 1. The molecule has 1 unspecified atom stereocenters. The number of rotatable bonds is 9. The second-order valence-corrected chi connectivity index (χ2v) is 8.05. The number of hydrogen-bond donors (Lipinski definition) is 2. The molecular weight excluding hydrogens is 394 g/mol. The summed E-state index contributed by atoms with van der Waals surface area (Å²) in [4.78, 5) is 13.8. The zero-order valence-electron chi connectivity index (χ0n) is 18.2. The lowest BCUT2D eigenvalue weighted by molar-refractivity contribution is -0.122. The highest BCUT2D eigenvalue weighted by atomic mass is 32.1. The van der Waals surface area contributed by atoms with Crippen LogP contribution in [-0.2, 0) is 11.2 Å². The van der Waals surface area contributed by atoms with Crippen molar-refractivity contribution in [2.24, 2.45) is 11.7 Å². The summed E-state index contributed by atoms with van der Waals surface area (Å²) in [5.41, 5.74) is 7.75. The molecule has 1 fully saturated rings. The number of amides is 1. The van der Waals surface area contributed by atoms with Gasteiger partial charge in [0, 0.05) is 24.6 Å². The Balaban J connectivity index is 1.77. The van der Waals surface area contributed by atoms with E-state index in [9.17, 15) is 4.79 Å². The summed E-state index contributed by atoms with van der Waals surface area (Å²) in [7, 11) is 0. The van der Waals surface area contributed by atoms with Gasteiger partial charge in [0.1, 0.15) is 5.75 Å². The predicted molar refractivity (Wildman–Crippen MR) is 127 cm³/mol. The van der Waals surface area contributed by atoms with Crippen LogP contribution in [-0.4, -0.2) is 35.6 Å². The first kappa shape index (κ1) is 24.1. The summed E-state index contributed by atoms with van der Waals surface area (Å²) in [6.45, 7) is 7.06. The molecule has 1 aromatic rings. The number of carbonyl (C=O) groups is 1. The first-order valence-corrected chi connectivity index (χ1v) is 11.3. The molecule has 1 heterocycles. The Morgan fingerprint density at radius 1 is 1.27 bits per heavy atom. The minimum absolute atomic E-state index is 0.0367. The Hall–Kier alpha value is -2.18. The Labute approximate surface area is 186 Å². The molecule has 0 radical (unpaired) electrons. The fourth-order valence-corrected chi connectivity index (χ4v) is 3.78. The number of likely N-dealkylation sites (tertiary alicyclic amines) is 1. The van der Waals surface area contributed by atoms with Crippen molar-refractivity contribution in [2.45, 2.75) is 52.4 Å². The van der Waals surface area contributed by atoms with Crippen LogP contribution in [0.5, 0.6) is 5.75 Å². The number of hydrogen-bond acceptors (Lipinski definition) is 4. The summed E-state index contributed by atoms with van der Waals surface area (Å²) >= 11 is 5.33. The highest BCUT2D eigenvalue weighted by molar-refractivity contribution is 7.80. The van der Waals surface area contributed by atoms with Crippen LogP contribution in [0, 0.1) is 5.92 Å². The highest BCUT2D eigenvalue weighted by Crippen LogP contribution is 2.18. The van der Waals surface area contributed by atoms with Gasteiger partial charge >= 0.3 is 0 Å². The van der Waals surface area contributed by atoms with Crippen molar-refractivity contribution < 1.29 is 9.53 Å². The third-order valence-corrected chi connectivity index (χ3v) is 5.61. The van der Waals surface area contributed by atoms with Gasteiger partial charge in [-0.2, -0.15) is 0 Å². The van der Waals surface area contributed by atoms with Crippen LogP contribution < -0.4 is 15.8 Å². The van der Waals surface area contributed by atoms with E-state index in [0.717, 1.165) is 69.6 Å². The molecular formula is C24H35N3O2S. The molecule has 0 aromatic heterocycles. The van der Waals surface area contributed by atoms with E-state index >= 15 is 0 Å². The average Bonchev–Trinajstić information content (AvgIpc) is 2.98. The van der Waals surface area contributed by atoms with Crippen LogP contribution in [0.2, 0.25) is 0 Å². The average molecular weight is 430 g/mol. The smallest absolute Gasteiger partial charge is 0.266 e. The summed E-state index contributed by atoms with van der Waals surface area (Å²) in [5.74, 6) is 0.614. The molecule has 5 nitrogen and oxygen atoms in total. The number of primary amides is 1. The van der Waals surface area contributed by atoms with E-state index in [4.69, 9.17) is 22.7 Å². The Bertz CT molecular complexity index is 743. The van der Waals surface area contributed by atoms with Crippen molar-refractivity contribution in [3.05, 3.63) is 53.8 Å². The van der Waals surface area contributed by atoms with Gasteiger partial charge in [-0.15, -0.1) is 0 Å². The summed E-state index contributed by atoms with van der Waals surface area (Å²) < 4.78 is 5.75. The molecule has 1 amide bonds. The van der Waals surface area contributed by atoms with E-state index in [2.05, 4.69) is 41.4 Å². The summed E-state index contributed by atoms with van der Waals surface area (Å²) in [6.07, 6.45) is 11.9. The Morgan fingerprint density at radius 2 is 2.03 bits per heavy atom. The van der Waals surface area contributed by atoms with Gasteiger partial charge in [-0.3, -0.25) is 4.79 Å². The zero-order valence-corrected chi connectivity index (χ0v) is 19.0. The SMILES string of the molecule is C/C=C(\C/C=C\CC)NC(=S)Oc1ccc(CCN2CCCC(C(N)=O)CC2)cc1. The van der Waals surface area contributed by atoms with Crippen LogP contribution >= 0.6 is 12.2 Å². The lowest BCUT2D eigenvalue weighted by atomic mass is 10.0.